The number of aliphatic hydroxyl groups excluding tert-OH is 1. The van der Waals surface area contributed by atoms with Crippen molar-refractivity contribution in [3.05, 3.63) is 0 Å². The smallest absolute Gasteiger partial charge is 0.462 e. The van der Waals surface area contributed by atoms with Crippen LogP contribution in [0.2, 0.25) is 0 Å². The van der Waals surface area contributed by atoms with Crippen LogP contribution in [0.1, 0.15) is 363 Å². The molecule has 17 nitrogen and oxygen atoms in total. The zero-order valence-electron chi connectivity index (χ0n) is 59.3. The van der Waals surface area contributed by atoms with E-state index in [0.717, 1.165) is 102 Å². The fraction of sp³-hybridized carbons (Fsp3) is 0.944. The standard InChI is InChI=1S/C72H140O17P2/c1-8-10-11-12-13-14-15-18-22-25-32-39-46-53-69(74)82-59-67(88-71(76)55-48-41-33-26-23-20-17-16-19-21-24-31-38-45-52-65(7)9-2)61-86-90(78,79)84-57-66(73)58-85-91(80,81)87-62-68(89-72(77)56-49-42-35-28-30-37-44-51-64(5)6)60-83-70(75)54-47-40-34-27-29-36-43-50-63(3)4/h63-68,73H,8-62H2,1-7H3,(H,78,79)(H,80,81)/t65?,66-,67-,68-/m1/s1. The Bertz CT molecular complexity index is 1790. The summed E-state index contributed by atoms with van der Waals surface area (Å²) in [6, 6.07) is 0. The molecule has 3 N–H and O–H groups in total. The third kappa shape index (κ3) is 65.1. The van der Waals surface area contributed by atoms with Gasteiger partial charge in [-0.2, -0.15) is 0 Å². The molecule has 0 aromatic rings. The fourth-order valence-electron chi connectivity index (χ4n) is 10.9. The van der Waals surface area contributed by atoms with Crippen LogP contribution in [0, 0.1) is 17.8 Å². The first kappa shape index (κ1) is 89.1. The van der Waals surface area contributed by atoms with E-state index in [0.29, 0.717) is 37.5 Å². The average Bonchev–Trinajstić information content (AvgIpc) is 3.33. The summed E-state index contributed by atoms with van der Waals surface area (Å²) in [5, 5.41) is 10.6. The number of phosphoric acid groups is 2. The number of esters is 4. The van der Waals surface area contributed by atoms with Crippen molar-refractivity contribution in [2.24, 2.45) is 17.8 Å². The first-order valence-corrected chi connectivity index (χ1v) is 40.4. The summed E-state index contributed by atoms with van der Waals surface area (Å²) in [5.74, 6) is 0.121. The molecule has 0 aliphatic heterocycles. The second-order valence-electron chi connectivity index (χ2n) is 27.2. The van der Waals surface area contributed by atoms with Gasteiger partial charge in [0.25, 0.3) is 0 Å². The van der Waals surface area contributed by atoms with Crippen LogP contribution in [0.25, 0.3) is 0 Å². The van der Waals surface area contributed by atoms with E-state index in [1.165, 1.54) is 167 Å². The molecule has 91 heavy (non-hydrogen) atoms. The van der Waals surface area contributed by atoms with Gasteiger partial charge in [0.05, 0.1) is 26.4 Å². The molecule has 0 saturated carbocycles. The van der Waals surface area contributed by atoms with E-state index >= 15 is 0 Å². The summed E-state index contributed by atoms with van der Waals surface area (Å²) < 4.78 is 68.3. The number of rotatable bonds is 70. The van der Waals surface area contributed by atoms with Crippen molar-refractivity contribution < 1.29 is 80.2 Å². The Morgan fingerprint density at radius 3 is 0.835 bits per heavy atom. The Hall–Kier alpha value is -1.94. The van der Waals surface area contributed by atoms with Gasteiger partial charge in [0, 0.05) is 25.7 Å². The highest BCUT2D eigenvalue weighted by atomic mass is 31.2. The summed E-state index contributed by atoms with van der Waals surface area (Å²) in [7, 11) is -9.90. The van der Waals surface area contributed by atoms with E-state index < -0.39 is 97.5 Å². The minimum Gasteiger partial charge on any atom is -0.462 e. The molecule has 0 radical (unpaired) electrons. The molecule has 0 aliphatic carbocycles. The Balaban J connectivity index is 5.23. The molecule has 0 aromatic carbocycles. The van der Waals surface area contributed by atoms with Crippen LogP contribution in [0.5, 0.6) is 0 Å². The van der Waals surface area contributed by atoms with Crippen molar-refractivity contribution in [1.29, 1.82) is 0 Å². The summed E-state index contributed by atoms with van der Waals surface area (Å²) in [4.78, 5) is 72.6. The van der Waals surface area contributed by atoms with E-state index in [-0.39, 0.29) is 25.7 Å². The van der Waals surface area contributed by atoms with Gasteiger partial charge in [0.2, 0.25) is 0 Å². The topological polar surface area (TPSA) is 237 Å². The molecule has 0 amide bonds. The van der Waals surface area contributed by atoms with Crippen molar-refractivity contribution in [3.63, 3.8) is 0 Å². The van der Waals surface area contributed by atoms with E-state index in [1.807, 2.05) is 0 Å². The van der Waals surface area contributed by atoms with Gasteiger partial charge >= 0.3 is 39.5 Å². The minimum absolute atomic E-state index is 0.103. The van der Waals surface area contributed by atoms with Gasteiger partial charge in [-0.3, -0.25) is 37.3 Å². The largest absolute Gasteiger partial charge is 0.472 e. The van der Waals surface area contributed by atoms with Crippen LogP contribution in [-0.2, 0) is 65.4 Å². The van der Waals surface area contributed by atoms with Crippen LogP contribution >= 0.6 is 15.6 Å². The second kappa shape index (κ2) is 62.8. The lowest BCUT2D eigenvalue weighted by Crippen LogP contribution is -2.30. The quantitative estimate of drug-likeness (QED) is 0.0222. The summed E-state index contributed by atoms with van der Waals surface area (Å²) in [5.41, 5.74) is 0. The van der Waals surface area contributed by atoms with Crippen LogP contribution in [0.15, 0.2) is 0 Å². The van der Waals surface area contributed by atoms with Gasteiger partial charge in [-0.25, -0.2) is 9.13 Å². The maximum absolute atomic E-state index is 13.0. The lowest BCUT2D eigenvalue weighted by atomic mass is 9.99. The molecule has 0 fully saturated rings. The number of carbonyl (C=O) groups excluding carboxylic acids is 4. The molecule has 3 unspecified atom stereocenters. The Morgan fingerprint density at radius 1 is 0.319 bits per heavy atom. The normalized spacial score (nSPS) is 14.5. The summed E-state index contributed by atoms with van der Waals surface area (Å²) in [6.07, 6.45) is 47.3. The van der Waals surface area contributed by atoms with Gasteiger partial charge in [-0.1, -0.05) is 312 Å². The summed E-state index contributed by atoms with van der Waals surface area (Å²) in [6.45, 7) is 11.8. The first-order valence-electron chi connectivity index (χ1n) is 37.4. The average molecular weight is 1340 g/mol. The van der Waals surface area contributed by atoms with Gasteiger partial charge in [-0.15, -0.1) is 0 Å². The van der Waals surface area contributed by atoms with E-state index in [1.54, 1.807) is 0 Å². The zero-order chi connectivity index (χ0) is 67.3. The number of ether oxygens (including phenoxy) is 4. The van der Waals surface area contributed by atoms with Crippen LogP contribution in [0.3, 0.4) is 0 Å². The molecule has 0 aromatic heterocycles. The second-order valence-corrected chi connectivity index (χ2v) is 30.1. The highest BCUT2D eigenvalue weighted by Crippen LogP contribution is 2.45. The van der Waals surface area contributed by atoms with Gasteiger partial charge < -0.3 is 33.8 Å². The first-order chi connectivity index (χ1) is 43.8. The highest BCUT2D eigenvalue weighted by molar-refractivity contribution is 7.47. The molecule has 19 heteroatoms. The molecule has 0 rings (SSSR count). The molecular formula is C72H140O17P2. The van der Waals surface area contributed by atoms with Gasteiger partial charge in [0.15, 0.2) is 12.2 Å². The number of hydrogen-bond acceptors (Lipinski definition) is 15. The number of aliphatic hydroxyl groups is 1. The zero-order valence-corrected chi connectivity index (χ0v) is 61.1. The lowest BCUT2D eigenvalue weighted by molar-refractivity contribution is -0.161. The Kier molecular flexibility index (Phi) is 61.5. The van der Waals surface area contributed by atoms with Crippen molar-refractivity contribution >= 4 is 39.5 Å². The molecular weight excluding hydrogens is 1200 g/mol. The molecule has 0 spiro atoms. The molecule has 0 aliphatic rings. The van der Waals surface area contributed by atoms with Gasteiger partial charge in [0.1, 0.15) is 19.3 Å². The van der Waals surface area contributed by atoms with Crippen molar-refractivity contribution in [1.82, 2.24) is 0 Å². The highest BCUT2D eigenvalue weighted by Gasteiger charge is 2.30. The minimum atomic E-state index is -4.95. The third-order valence-electron chi connectivity index (χ3n) is 17.0. The van der Waals surface area contributed by atoms with Gasteiger partial charge in [-0.05, 0) is 43.4 Å². The van der Waals surface area contributed by atoms with E-state index in [4.69, 9.17) is 37.0 Å². The van der Waals surface area contributed by atoms with Crippen molar-refractivity contribution in [2.45, 2.75) is 381 Å². The number of carbonyl (C=O) groups is 4. The predicted molar refractivity (Wildman–Crippen MR) is 368 cm³/mol. The van der Waals surface area contributed by atoms with E-state index in [9.17, 15) is 43.2 Å². The maximum Gasteiger partial charge on any atom is 0.472 e. The maximum atomic E-state index is 13.0. The van der Waals surface area contributed by atoms with Crippen molar-refractivity contribution in [2.75, 3.05) is 39.6 Å². The van der Waals surface area contributed by atoms with E-state index in [2.05, 4.69) is 48.5 Å². The molecule has 0 bridgehead atoms. The molecule has 0 saturated heterocycles. The monoisotopic (exact) mass is 1340 g/mol. The van der Waals surface area contributed by atoms with Crippen LogP contribution < -0.4 is 0 Å². The van der Waals surface area contributed by atoms with Crippen LogP contribution in [-0.4, -0.2) is 96.7 Å². The molecule has 540 valence electrons. The fourth-order valence-corrected chi connectivity index (χ4v) is 12.4. The third-order valence-corrected chi connectivity index (χ3v) is 18.9. The number of unbranched alkanes of at least 4 members (excludes halogenated alkanes) is 37. The SMILES string of the molecule is CCCCCCCCCCCCCCCC(=O)OC[C@H](COP(=O)(O)OC[C@@H](O)COP(=O)(O)OC[C@@H](COC(=O)CCCCCCCCCC(C)C)OC(=O)CCCCCCCCCC(C)C)OC(=O)CCCCCCCCCCCCCCCCC(C)CC. The summed E-state index contributed by atoms with van der Waals surface area (Å²) >= 11 is 0. The molecule has 0 heterocycles. The van der Waals surface area contributed by atoms with Crippen LogP contribution in [0.4, 0.5) is 0 Å². The number of hydrogen-bond donors (Lipinski definition) is 3. The number of phosphoric ester groups is 2. The molecule has 6 atom stereocenters. The lowest BCUT2D eigenvalue weighted by Gasteiger charge is -2.21. The predicted octanol–water partition coefficient (Wildman–Crippen LogP) is 20.6. The van der Waals surface area contributed by atoms with Crippen molar-refractivity contribution in [3.8, 4) is 0 Å². The Morgan fingerprint density at radius 2 is 0.560 bits per heavy atom. The Labute approximate surface area is 556 Å².